The first-order valence-electron chi connectivity index (χ1n) is 7.37. The molecular formula is C16H17F9Si. The van der Waals surface area contributed by atoms with Crippen molar-refractivity contribution in [3.8, 4) is 0 Å². The highest BCUT2D eigenvalue weighted by Crippen LogP contribution is 2.56. The lowest BCUT2D eigenvalue weighted by Crippen LogP contribution is -2.74. The lowest BCUT2D eigenvalue weighted by molar-refractivity contribution is -0.359. The SMILES string of the molecule is C=Cc1ccccc1[Si](C)(C)C(F)(F)C(F)(F)C(F)(F)C(F)(F)C(C)F. The Labute approximate surface area is 145 Å². The van der Waals surface area contributed by atoms with Crippen LogP contribution in [0.4, 0.5) is 39.5 Å². The molecule has 1 atom stereocenters. The van der Waals surface area contributed by atoms with E-state index in [1.54, 1.807) is 0 Å². The van der Waals surface area contributed by atoms with Crippen molar-refractivity contribution in [2.75, 3.05) is 0 Å². The van der Waals surface area contributed by atoms with Crippen LogP contribution >= 0.6 is 0 Å². The Morgan fingerprint density at radius 2 is 1.38 bits per heavy atom. The van der Waals surface area contributed by atoms with E-state index < -0.39 is 37.6 Å². The van der Waals surface area contributed by atoms with Gasteiger partial charge in [0.1, 0.15) is 0 Å². The zero-order chi connectivity index (χ0) is 20.8. The Balaban J connectivity index is 3.62. The van der Waals surface area contributed by atoms with Crippen LogP contribution in [0, 0.1) is 0 Å². The molecule has 1 aromatic rings. The van der Waals surface area contributed by atoms with Crippen LogP contribution < -0.4 is 5.19 Å². The van der Waals surface area contributed by atoms with Crippen molar-refractivity contribution in [2.45, 2.75) is 49.5 Å². The van der Waals surface area contributed by atoms with Gasteiger partial charge in [-0.05, 0) is 17.7 Å². The van der Waals surface area contributed by atoms with E-state index in [2.05, 4.69) is 6.58 Å². The molecule has 0 saturated carbocycles. The molecule has 0 aromatic heterocycles. The van der Waals surface area contributed by atoms with Gasteiger partial charge in [-0.1, -0.05) is 50.0 Å². The highest BCUT2D eigenvalue weighted by atomic mass is 28.3. The summed E-state index contributed by atoms with van der Waals surface area (Å²) in [6.07, 6.45) is -2.70. The maximum absolute atomic E-state index is 14.6. The maximum atomic E-state index is 14.6. The van der Waals surface area contributed by atoms with Gasteiger partial charge in [0.25, 0.3) is 0 Å². The summed E-state index contributed by atoms with van der Waals surface area (Å²) in [7, 11) is -4.82. The van der Waals surface area contributed by atoms with E-state index in [9.17, 15) is 39.5 Å². The maximum Gasteiger partial charge on any atom is 0.380 e. The van der Waals surface area contributed by atoms with E-state index in [1.807, 2.05) is 0 Å². The second kappa shape index (κ2) is 6.61. The van der Waals surface area contributed by atoms with E-state index in [4.69, 9.17) is 0 Å². The number of hydrogen-bond acceptors (Lipinski definition) is 0. The van der Waals surface area contributed by atoms with Gasteiger partial charge in [0.15, 0.2) is 14.2 Å². The summed E-state index contributed by atoms with van der Waals surface area (Å²) in [5, 5.41) is -0.368. The van der Waals surface area contributed by atoms with Gasteiger partial charge in [-0.2, -0.15) is 26.3 Å². The zero-order valence-corrected chi connectivity index (χ0v) is 15.1. The highest BCUT2D eigenvalue weighted by Gasteiger charge is 2.84. The van der Waals surface area contributed by atoms with Crippen LogP contribution in [0.25, 0.3) is 6.08 Å². The quantitative estimate of drug-likeness (QED) is 0.402. The summed E-state index contributed by atoms with van der Waals surface area (Å²) in [4.78, 5) is 0. The first-order valence-corrected chi connectivity index (χ1v) is 10.4. The van der Waals surface area contributed by atoms with Gasteiger partial charge < -0.3 is 0 Å². The molecule has 0 N–H and O–H groups in total. The van der Waals surface area contributed by atoms with Gasteiger partial charge in [-0.15, -0.1) is 0 Å². The Hall–Kier alpha value is -1.45. The van der Waals surface area contributed by atoms with Gasteiger partial charge in [-0.3, -0.25) is 0 Å². The standard InChI is InChI=1S/C16H17F9Si/c1-5-11-8-6-7-9-12(11)26(3,4)16(24,25)15(22,23)14(20,21)13(18,19)10(2)17/h5-10H,1H2,2-4H3. The van der Waals surface area contributed by atoms with Gasteiger partial charge in [0.05, 0.1) is 0 Å². The van der Waals surface area contributed by atoms with Crippen LogP contribution in [0.1, 0.15) is 12.5 Å². The van der Waals surface area contributed by atoms with Crippen molar-refractivity contribution in [1.29, 1.82) is 0 Å². The Bertz CT molecular complexity index is 665. The van der Waals surface area contributed by atoms with Gasteiger partial charge in [-0.25, -0.2) is 13.2 Å². The predicted octanol–water partition coefficient (Wildman–Crippen LogP) is 5.68. The molecule has 148 valence electrons. The molecule has 1 aromatic carbocycles. The summed E-state index contributed by atoms with van der Waals surface area (Å²) >= 11 is 0. The van der Waals surface area contributed by atoms with Crippen LogP contribution in [-0.2, 0) is 0 Å². The van der Waals surface area contributed by atoms with E-state index in [0.29, 0.717) is 13.1 Å². The molecule has 0 aliphatic carbocycles. The largest absolute Gasteiger partial charge is 0.380 e. The van der Waals surface area contributed by atoms with E-state index in [0.717, 1.165) is 12.1 Å². The molecule has 0 nitrogen and oxygen atoms in total. The van der Waals surface area contributed by atoms with Crippen LogP contribution in [0.2, 0.25) is 13.1 Å². The molecule has 0 fully saturated rings. The average Bonchev–Trinajstić information content (AvgIpc) is 2.53. The van der Waals surface area contributed by atoms with E-state index in [1.165, 1.54) is 18.2 Å². The zero-order valence-electron chi connectivity index (χ0n) is 14.1. The molecule has 10 heteroatoms. The summed E-state index contributed by atoms with van der Waals surface area (Å²) in [6, 6.07) is 4.89. The first kappa shape index (κ1) is 22.6. The monoisotopic (exact) mass is 408 g/mol. The number of halogens is 9. The molecule has 0 bridgehead atoms. The molecule has 0 saturated heterocycles. The minimum absolute atomic E-state index is 0.00595. The average molecular weight is 408 g/mol. The second-order valence-corrected chi connectivity index (χ2v) is 10.8. The predicted molar refractivity (Wildman–Crippen MR) is 84.0 cm³/mol. The second-order valence-electron chi connectivity index (χ2n) is 6.38. The van der Waals surface area contributed by atoms with E-state index >= 15 is 0 Å². The van der Waals surface area contributed by atoms with Crippen LogP contribution in [0.5, 0.6) is 0 Å². The third-order valence-electron chi connectivity index (χ3n) is 4.35. The van der Waals surface area contributed by atoms with Gasteiger partial charge >= 0.3 is 23.3 Å². The molecule has 0 radical (unpaired) electrons. The number of benzene rings is 1. The molecule has 0 amide bonds. The summed E-state index contributed by atoms with van der Waals surface area (Å²) in [5.41, 5.74) is -5.53. The fourth-order valence-corrected chi connectivity index (χ4v) is 5.16. The number of rotatable bonds is 7. The lowest BCUT2D eigenvalue weighted by Gasteiger charge is -2.43. The van der Waals surface area contributed by atoms with Gasteiger partial charge in [0.2, 0.25) is 0 Å². The summed E-state index contributed by atoms with van der Waals surface area (Å²) < 4.78 is 124. The first-order chi connectivity index (χ1) is 11.5. The Morgan fingerprint density at radius 3 is 1.81 bits per heavy atom. The molecular weight excluding hydrogens is 391 g/mol. The molecule has 0 spiro atoms. The third kappa shape index (κ3) is 2.95. The topological polar surface area (TPSA) is 0 Å². The normalized spacial score (nSPS) is 15.7. The summed E-state index contributed by atoms with van der Waals surface area (Å²) in [6.45, 7) is 4.53. The Kier molecular flexibility index (Phi) is 5.74. The van der Waals surface area contributed by atoms with Crippen molar-refractivity contribution in [2.24, 2.45) is 0 Å². The molecule has 26 heavy (non-hydrogen) atoms. The molecule has 1 unspecified atom stereocenters. The van der Waals surface area contributed by atoms with Crippen molar-refractivity contribution < 1.29 is 39.5 Å². The minimum Gasteiger partial charge on any atom is -0.241 e. The van der Waals surface area contributed by atoms with Crippen LogP contribution in [0.3, 0.4) is 0 Å². The van der Waals surface area contributed by atoms with Crippen molar-refractivity contribution in [3.05, 3.63) is 36.4 Å². The van der Waals surface area contributed by atoms with Crippen LogP contribution in [0.15, 0.2) is 30.8 Å². The molecule has 0 aliphatic heterocycles. The molecule has 0 aliphatic rings. The van der Waals surface area contributed by atoms with Crippen LogP contribution in [-0.4, -0.2) is 37.6 Å². The fraction of sp³-hybridized carbons (Fsp3) is 0.500. The lowest BCUT2D eigenvalue weighted by atomic mass is 10.0. The van der Waals surface area contributed by atoms with Gasteiger partial charge in [0, 0.05) is 0 Å². The van der Waals surface area contributed by atoms with Crippen molar-refractivity contribution >= 4 is 19.3 Å². The summed E-state index contributed by atoms with van der Waals surface area (Å²) in [5.74, 6) is -19.1. The number of alkyl halides is 9. The minimum atomic E-state index is -6.61. The van der Waals surface area contributed by atoms with Crippen molar-refractivity contribution in [1.82, 2.24) is 0 Å². The molecule has 1 rings (SSSR count). The third-order valence-corrected chi connectivity index (χ3v) is 8.03. The Morgan fingerprint density at radius 1 is 0.923 bits per heavy atom. The molecule has 0 heterocycles. The highest BCUT2D eigenvalue weighted by molar-refractivity contribution is 6.92. The van der Waals surface area contributed by atoms with E-state index in [-0.39, 0.29) is 17.7 Å². The fourth-order valence-electron chi connectivity index (χ4n) is 2.46. The van der Waals surface area contributed by atoms with Crippen molar-refractivity contribution in [3.63, 3.8) is 0 Å². The smallest absolute Gasteiger partial charge is 0.241 e. The number of hydrogen-bond donors (Lipinski definition) is 0.